The highest BCUT2D eigenvalue weighted by atomic mass is 32.1. The number of fused-ring (bicyclic) bond motifs is 1. The minimum Gasteiger partial charge on any atom is -0.389 e. The first kappa shape index (κ1) is 11.3. The molecule has 2 aromatic heterocycles. The van der Waals surface area contributed by atoms with Crippen molar-refractivity contribution in [1.29, 1.82) is 0 Å². The zero-order valence-electron chi connectivity index (χ0n) is 9.83. The average molecular weight is 259 g/mol. The number of thiocarbonyl (C=S) groups is 1. The fraction of sp³-hybridized carbons (Fsp3) is 0.333. The summed E-state index contributed by atoms with van der Waals surface area (Å²) in [4.78, 5) is 4.78. The van der Waals surface area contributed by atoms with Gasteiger partial charge in [0.25, 0.3) is 0 Å². The minimum atomic E-state index is 0.332. The highest BCUT2D eigenvalue weighted by molar-refractivity contribution is 7.80. The van der Waals surface area contributed by atoms with Gasteiger partial charge < -0.3 is 5.73 Å². The molecule has 6 heteroatoms. The van der Waals surface area contributed by atoms with Crippen molar-refractivity contribution in [2.45, 2.75) is 25.7 Å². The van der Waals surface area contributed by atoms with Gasteiger partial charge in [-0.15, -0.1) is 5.10 Å². The number of nitrogens with two attached hydrogens (primary N) is 1. The Hall–Kier alpha value is -1.82. The molecule has 1 aliphatic rings. The van der Waals surface area contributed by atoms with Crippen molar-refractivity contribution in [3.63, 3.8) is 0 Å². The third-order valence-electron chi connectivity index (χ3n) is 3.22. The van der Waals surface area contributed by atoms with Crippen LogP contribution in [-0.2, 0) is 12.8 Å². The van der Waals surface area contributed by atoms with E-state index in [1.807, 2.05) is 4.57 Å². The fourth-order valence-electron chi connectivity index (χ4n) is 2.35. The summed E-state index contributed by atoms with van der Waals surface area (Å²) in [5, 5.41) is 8.07. The molecule has 0 spiro atoms. The number of rotatable bonds is 2. The van der Waals surface area contributed by atoms with Crippen LogP contribution in [0.5, 0.6) is 0 Å². The van der Waals surface area contributed by atoms with Crippen molar-refractivity contribution >= 4 is 17.2 Å². The molecule has 2 heterocycles. The molecule has 92 valence electrons. The number of imidazole rings is 1. The molecule has 0 unspecified atom stereocenters. The lowest BCUT2D eigenvalue weighted by molar-refractivity contribution is 0.652. The lowest BCUT2D eigenvalue weighted by Gasteiger charge is -2.14. The summed E-state index contributed by atoms with van der Waals surface area (Å²) in [5.74, 6) is 0.681. The molecule has 0 atom stereocenters. The summed E-state index contributed by atoms with van der Waals surface area (Å²) in [5.41, 5.74) is 8.83. The Morgan fingerprint density at radius 2 is 2.17 bits per heavy atom. The van der Waals surface area contributed by atoms with Gasteiger partial charge in [-0.1, -0.05) is 12.2 Å². The molecule has 0 saturated carbocycles. The highest BCUT2D eigenvalue weighted by Gasteiger charge is 2.19. The second-order valence-electron chi connectivity index (χ2n) is 4.35. The maximum atomic E-state index is 5.73. The van der Waals surface area contributed by atoms with E-state index >= 15 is 0 Å². The van der Waals surface area contributed by atoms with Crippen LogP contribution < -0.4 is 5.73 Å². The molecule has 0 amide bonds. The first-order valence-electron chi connectivity index (χ1n) is 5.94. The Balaban J connectivity index is 2.15. The van der Waals surface area contributed by atoms with E-state index in [4.69, 9.17) is 18.0 Å². The molecule has 2 aromatic rings. The van der Waals surface area contributed by atoms with Crippen LogP contribution in [0.2, 0.25) is 0 Å². The van der Waals surface area contributed by atoms with Crippen LogP contribution in [0, 0.1) is 0 Å². The largest absolute Gasteiger partial charge is 0.389 e. The van der Waals surface area contributed by atoms with Crippen molar-refractivity contribution in [2.24, 2.45) is 5.73 Å². The summed E-state index contributed by atoms with van der Waals surface area (Å²) in [6.07, 6.45) is 7.82. The van der Waals surface area contributed by atoms with E-state index < -0.39 is 0 Å². The lowest BCUT2D eigenvalue weighted by atomic mass is 10.0. The number of aryl methyl sites for hydroxylation is 1. The van der Waals surface area contributed by atoms with Gasteiger partial charge in [0.15, 0.2) is 5.82 Å². The van der Waals surface area contributed by atoms with Gasteiger partial charge in [-0.2, -0.15) is 5.10 Å². The van der Waals surface area contributed by atoms with Crippen LogP contribution in [0.25, 0.3) is 5.82 Å². The van der Waals surface area contributed by atoms with Crippen molar-refractivity contribution in [1.82, 2.24) is 19.7 Å². The Bertz CT molecular complexity index is 604. The number of aromatic nitrogens is 4. The maximum absolute atomic E-state index is 5.73. The molecule has 0 aromatic carbocycles. The predicted molar refractivity (Wildman–Crippen MR) is 71.7 cm³/mol. The minimum absolute atomic E-state index is 0.332. The van der Waals surface area contributed by atoms with Crippen molar-refractivity contribution in [3.05, 3.63) is 35.5 Å². The number of hydrogen-bond acceptors (Lipinski definition) is 4. The van der Waals surface area contributed by atoms with Gasteiger partial charge in [0.2, 0.25) is 0 Å². The third kappa shape index (κ3) is 1.78. The van der Waals surface area contributed by atoms with Crippen molar-refractivity contribution in [3.8, 4) is 5.82 Å². The van der Waals surface area contributed by atoms with Gasteiger partial charge in [-0.25, -0.2) is 4.98 Å². The molecule has 0 saturated heterocycles. The van der Waals surface area contributed by atoms with Gasteiger partial charge in [0.1, 0.15) is 11.3 Å². The topological polar surface area (TPSA) is 69.6 Å². The van der Waals surface area contributed by atoms with Gasteiger partial charge in [-0.05, 0) is 31.7 Å². The van der Waals surface area contributed by atoms with Gasteiger partial charge in [0, 0.05) is 5.69 Å². The molecule has 3 rings (SSSR count). The van der Waals surface area contributed by atoms with Gasteiger partial charge in [0.05, 0.1) is 17.5 Å². The summed E-state index contributed by atoms with van der Waals surface area (Å²) >= 11 is 5.05. The van der Waals surface area contributed by atoms with Crippen molar-refractivity contribution < 1.29 is 0 Å². The van der Waals surface area contributed by atoms with Crippen LogP contribution in [0.4, 0.5) is 0 Å². The van der Waals surface area contributed by atoms with Gasteiger partial charge >= 0.3 is 0 Å². The normalized spacial score (nSPS) is 14.2. The standard InChI is InChI=1S/C12H13N5S/c13-11(18)8-5-6-15-16-12(8)17-7-14-9-3-1-2-4-10(9)17/h5-7H,1-4H2,(H2,13,18). The van der Waals surface area contributed by atoms with E-state index in [-0.39, 0.29) is 0 Å². The molecule has 0 bridgehead atoms. The van der Waals surface area contributed by atoms with E-state index in [0.717, 1.165) is 24.1 Å². The average Bonchev–Trinajstić information content (AvgIpc) is 2.82. The smallest absolute Gasteiger partial charge is 0.171 e. The zero-order valence-corrected chi connectivity index (χ0v) is 10.7. The molecule has 5 nitrogen and oxygen atoms in total. The second kappa shape index (κ2) is 4.45. The molecule has 18 heavy (non-hydrogen) atoms. The first-order chi connectivity index (χ1) is 8.77. The predicted octanol–water partition coefficient (Wildman–Crippen LogP) is 1.18. The summed E-state index contributed by atoms with van der Waals surface area (Å²) in [6.45, 7) is 0. The Morgan fingerprint density at radius 1 is 1.33 bits per heavy atom. The Labute approximate surface area is 110 Å². The SMILES string of the molecule is NC(=S)c1ccnnc1-n1cnc2c1CCCC2. The zero-order chi connectivity index (χ0) is 12.5. The Kier molecular flexibility index (Phi) is 2.79. The number of nitrogens with zero attached hydrogens (tertiary/aromatic N) is 4. The molecule has 2 N–H and O–H groups in total. The van der Waals surface area contributed by atoms with E-state index in [2.05, 4.69) is 15.2 Å². The second-order valence-corrected chi connectivity index (χ2v) is 4.79. The molecule has 0 aliphatic heterocycles. The van der Waals surface area contributed by atoms with E-state index in [0.29, 0.717) is 10.8 Å². The van der Waals surface area contributed by atoms with E-state index in [1.54, 1.807) is 18.6 Å². The quantitative estimate of drug-likeness (QED) is 0.820. The van der Waals surface area contributed by atoms with Crippen molar-refractivity contribution in [2.75, 3.05) is 0 Å². The van der Waals surface area contributed by atoms with Crippen LogP contribution >= 0.6 is 12.2 Å². The molecule has 0 radical (unpaired) electrons. The molecule has 0 fully saturated rings. The monoisotopic (exact) mass is 259 g/mol. The van der Waals surface area contributed by atoms with E-state index in [1.165, 1.54) is 18.5 Å². The molecule has 1 aliphatic carbocycles. The van der Waals surface area contributed by atoms with Gasteiger partial charge in [-0.3, -0.25) is 4.57 Å². The van der Waals surface area contributed by atoms with Crippen LogP contribution in [0.1, 0.15) is 29.8 Å². The van der Waals surface area contributed by atoms with E-state index in [9.17, 15) is 0 Å². The summed E-state index contributed by atoms with van der Waals surface area (Å²) in [7, 11) is 0. The molecular weight excluding hydrogens is 246 g/mol. The summed E-state index contributed by atoms with van der Waals surface area (Å²) < 4.78 is 1.97. The third-order valence-corrected chi connectivity index (χ3v) is 3.44. The van der Waals surface area contributed by atoms with Crippen LogP contribution in [0.3, 0.4) is 0 Å². The molecular formula is C12H13N5S. The number of hydrogen-bond donors (Lipinski definition) is 1. The lowest BCUT2D eigenvalue weighted by Crippen LogP contribution is -2.17. The Morgan fingerprint density at radius 3 is 3.00 bits per heavy atom. The first-order valence-corrected chi connectivity index (χ1v) is 6.35. The highest BCUT2D eigenvalue weighted by Crippen LogP contribution is 2.23. The van der Waals surface area contributed by atoms with Crippen LogP contribution in [-0.4, -0.2) is 24.7 Å². The summed E-state index contributed by atoms with van der Waals surface area (Å²) in [6, 6.07) is 1.79. The maximum Gasteiger partial charge on any atom is 0.171 e. The van der Waals surface area contributed by atoms with Crippen LogP contribution in [0.15, 0.2) is 18.6 Å². The fourth-order valence-corrected chi connectivity index (χ4v) is 2.51.